The zero-order valence-corrected chi connectivity index (χ0v) is 9.03. The van der Waals surface area contributed by atoms with Crippen LogP contribution in [0.2, 0.25) is 0 Å². The van der Waals surface area contributed by atoms with Crippen molar-refractivity contribution < 1.29 is 9.13 Å². The molecule has 1 aliphatic heterocycles. The van der Waals surface area contributed by atoms with E-state index < -0.39 is 0 Å². The first-order valence-electron chi connectivity index (χ1n) is 5.42. The summed E-state index contributed by atoms with van der Waals surface area (Å²) in [6.07, 6.45) is 1.48. The average molecular weight is 222 g/mol. The second kappa shape index (κ2) is 5.07. The van der Waals surface area contributed by atoms with Crippen molar-refractivity contribution in [3.8, 4) is 0 Å². The van der Waals surface area contributed by atoms with Gasteiger partial charge >= 0.3 is 0 Å². The van der Waals surface area contributed by atoms with Crippen molar-refractivity contribution in [1.29, 1.82) is 0 Å². The van der Waals surface area contributed by atoms with Gasteiger partial charge in [0.2, 0.25) is 0 Å². The molecule has 0 aromatic heterocycles. The SMILES string of the molecule is NCCC1CN=C(Cc2cccc(F)c2)O1. The molecule has 0 amide bonds. The van der Waals surface area contributed by atoms with Crippen molar-refractivity contribution >= 4 is 5.90 Å². The molecule has 1 aliphatic rings. The fraction of sp³-hybridized carbons (Fsp3) is 0.417. The Hall–Kier alpha value is -1.42. The largest absolute Gasteiger partial charge is 0.475 e. The van der Waals surface area contributed by atoms with Crippen molar-refractivity contribution in [3.63, 3.8) is 0 Å². The van der Waals surface area contributed by atoms with E-state index in [0.29, 0.717) is 25.4 Å². The smallest absolute Gasteiger partial charge is 0.188 e. The van der Waals surface area contributed by atoms with Crippen LogP contribution in [0.4, 0.5) is 4.39 Å². The number of rotatable bonds is 4. The minimum absolute atomic E-state index is 0.105. The molecule has 2 rings (SSSR count). The van der Waals surface area contributed by atoms with Crippen molar-refractivity contribution in [3.05, 3.63) is 35.6 Å². The maximum atomic E-state index is 12.9. The molecule has 1 heterocycles. The summed E-state index contributed by atoms with van der Waals surface area (Å²) in [4.78, 5) is 4.28. The number of hydrogen-bond acceptors (Lipinski definition) is 3. The Morgan fingerprint density at radius 1 is 1.50 bits per heavy atom. The average Bonchev–Trinajstić information content (AvgIpc) is 2.66. The van der Waals surface area contributed by atoms with E-state index in [9.17, 15) is 4.39 Å². The molecule has 1 unspecified atom stereocenters. The number of nitrogens with two attached hydrogens (primary N) is 1. The molecule has 0 aliphatic carbocycles. The maximum absolute atomic E-state index is 12.9. The van der Waals surface area contributed by atoms with Gasteiger partial charge in [-0.25, -0.2) is 4.39 Å². The Kier molecular flexibility index (Phi) is 3.51. The highest BCUT2D eigenvalue weighted by Gasteiger charge is 2.18. The molecule has 4 heteroatoms. The van der Waals surface area contributed by atoms with Crippen LogP contribution in [-0.4, -0.2) is 25.1 Å². The lowest BCUT2D eigenvalue weighted by molar-refractivity contribution is 0.212. The molecule has 0 bridgehead atoms. The second-order valence-corrected chi connectivity index (χ2v) is 3.86. The van der Waals surface area contributed by atoms with Crippen molar-refractivity contribution in [2.24, 2.45) is 10.7 Å². The third kappa shape index (κ3) is 2.79. The van der Waals surface area contributed by atoms with Crippen LogP contribution in [0.25, 0.3) is 0 Å². The van der Waals surface area contributed by atoms with Crippen LogP contribution >= 0.6 is 0 Å². The number of aliphatic imine (C=N–C) groups is 1. The lowest BCUT2D eigenvalue weighted by Gasteiger charge is -2.09. The van der Waals surface area contributed by atoms with Gasteiger partial charge in [0, 0.05) is 6.42 Å². The van der Waals surface area contributed by atoms with Gasteiger partial charge in [-0.2, -0.15) is 0 Å². The van der Waals surface area contributed by atoms with Crippen LogP contribution in [-0.2, 0) is 11.2 Å². The van der Waals surface area contributed by atoms with Gasteiger partial charge < -0.3 is 10.5 Å². The molecular formula is C12H15FN2O. The van der Waals surface area contributed by atoms with Crippen molar-refractivity contribution in [2.45, 2.75) is 18.9 Å². The summed E-state index contributed by atoms with van der Waals surface area (Å²) < 4.78 is 18.5. The van der Waals surface area contributed by atoms with Crippen LogP contribution in [0.15, 0.2) is 29.3 Å². The predicted octanol–water partition coefficient (Wildman–Crippen LogP) is 1.51. The van der Waals surface area contributed by atoms with Gasteiger partial charge in [0.05, 0.1) is 6.54 Å². The van der Waals surface area contributed by atoms with E-state index in [0.717, 1.165) is 12.0 Å². The van der Waals surface area contributed by atoms with Crippen molar-refractivity contribution in [1.82, 2.24) is 0 Å². The highest BCUT2D eigenvalue weighted by Crippen LogP contribution is 2.12. The second-order valence-electron chi connectivity index (χ2n) is 3.86. The lowest BCUT2D eigenvalue weighted by atomic mass is 10.1. The highest BCUT2D eigenvalue weighted by molar-refractivity contribution is 5.80. The summed E-state index contributed by atoms with van der Waals surface area (Å²) in [5.74, 6) is 0.457. The summed E-state index contributed by atoms with van der Waals surface area (Å²) in [5.41, 5.74) is 6.33. The monoisotopic (exact) mass is 222 g/mol. The minimum atomic E-state index is -0.227. The van der Waals surface area contributed by atoms with Gasteiger partial charge in [0.1, 0.15) is 11.9 Å². The molecule has 0 fully saturated rings. The fourth-order valence-corrected chi connectivity index (χ4v) is 1.73. The van der Waals surface area contributed by atoms with E-state index in [-0.39, 0.29) is 11.9 Å². The molecule has 1 aromatic rings. The fourth-order valence-electron chi connectivity index (χ4n) is 1.73. The molecule has 0 radical (unpaired) electrons. The zero-order chi connectivity index (χ0) is 11.4. The highest BCUT2D eigenvalue weighted by atomic mass is 19.1. The topological polar surface area (TPSA) is 47.6 Å². The van der Waals surface area contributed by atoms with Crippen LogP contribution in [0.5, 0.6) is 0 Å². The molecule has 3 nitrogen and oxygen atoms in total. The minimum Gasteiger partial charge on any atom is -0.475 e. The summed E-state index contributed by atoms with van der Waals surface area (Å²) in [7, 11) is 0. The number of benzene rings is 1. The van der Waals surface area contributed by atoms with E-state index in [1.54, 1.807) is 6.07 Å². The maximum Gasteiger partial charge on any atom is 0.188 e. The Morgan fingerprint density at radius 2 is 2.38 bits per heavy atom. The van der Waals surface area contributed by atoms with E-state index in [2.05, 4.69) is 4.99 Å². The third-order valence-electron chi connectivity index (χ3n) is 2.51. The number of hydrogen-bond donors (Lipinski definition) is 1. The molecule has 16 heavy (non-hydrogen) atoms. The molecule has 1 atom stereocenters. The normalized spacial score (nSPS) is 19.4. The molecule has 0 saturated carbocycles. The van der Waals surface area contributed by atoms with Gasteiger partial charge in [-0.05, 0) is 30.7 Å². The summed E-state index contributed by atoms with van der Waals surface area (Å²) in [6.45, 7) is 1.27. The third-order valence-corrected chi connectivity index (χ3v) is 2.51. The van der Waals surface area contributed by atoms with Gasteiger partial charge in [-0.3, -0.25) is 4.99 Å². The first kappa shape index (κ1) is 11.1. The predicted molar refractivity (Wildman–Crippen MR) is 61.0 cm³/mol. The van der Waals surface area contributed by atoms with E-state index in [1.165, 1.54) is 12.1 Å². The first-order chi connectivity index (χ1) is 7.78. The van der Waals surface area contributed by atoms with Crippen LogP contribution in [0.3, 0.4) is 0 Å². The van der Waals surface area contributed by atoms with E-state index in [4.69, 9.17) is 10.5 Å². The molecule has 1 aromatic carbocycles. The molecule has 86 valence electrons. The van der Waals surface area contributed by atoms with Gasteiger partial charge in [-0.1, -0.05) is 12.1 Å². The van der Waals surface area contributed by atoms with Gasteiger partial charge in [0.15, 0.2) is 5.90 Å². The Labute approximate surface area is 94.1 Å². The van der Waals surface area contributed by atoms with Crippen LogP contribution in [0.1, 0.15) is 12.0 Å². The van der Waals surface area contributed by atoms with Crippen LogP contribution < -0.4 is 5.73 Å². The Bertz CT molecular complexity index is 392. The Morgan fingerprint density at radius 3 is 3.12 bits per heavy atom. The number of ether oxygens (including phenoxy) is 1. The summed E-state index contributed by atoms with van der Waals surface area (Å²) in [5, 5.41) is 0. The molecule has 0 saturated heterocycles. The lowest BCUT2D eigenvalue weighted by Crippen LogP contribution is -2.18. The number of nitrogens with zero attached hydrogens (tertiary/aromatic N) is 1. The van der Waals surface area contributed by atoms with Crippen LogP contribution in [0, 0.1) is 5.82 Å². The van der Waals surface area contributed by atoms with E-state index >= 15 is 0 Å². The summed E-state index contributed by atoms with van der Waals surface area (Å²) in [6, 6.07) is 6.49. The molecule has 0 spiro atoms. The molecule has 2 N–H and O–H groups in total. The molecular weight excluding hydrogens is 207 g/mol. The quantitative estimate of drug-likeness (QED) is 0.839. The standard InChI is InChI=1S/C12H15FN2O/c13-10-3-1-2-9(6-10)7-12-15-8-11(16-12)4-5-14/h1-3,6,11H,4-5,7-8,14H2. The zero-order valence-electron chi connectivity index (χ0n) is 9.03. The van der Waals surface area contributed by atoms with E-state index in [1.807, 2.05) is 6.07 Å². The van der Waals surface area contributed by atoms with Gasteiger partial charge in [0.25, 0.3) is 0 Å². The van der Waals surface area contributed by atoms with Crippen molar-refractivity contribution in [2.75, 3.05) is 13.1 Å². The first-order valence-corrected chi connectivity index (χ1v) is 5.42. The Balaban J connectivity index is 1.92. The summed E-state index contributed by atoms with van der Waals surface area (Å²) >= 11 is 0. The van der Waals surface area contributed by atoms with Gasteiger partial charge in [-0.15, -0.1) is 0 Å². The number of halogens is 1.